The lowest BCUT2D eigenvalue weighted by molar-refractivity contribution is 0.577. The zero-order valence-corrected chi connectivity index (χ0v) is 14.3. The third-order valence-corrected chi connectivity index (χ3v) is 5.86. The highest BCUT2D eigenvalue weighted by Gasteiger charge is 2.41. The van der Waals surface area contributed by atoms with E-state index in [1.165, 1.54) is 4.31 Å². The molecule has 25 heavy (non-hydrogen) atoms. The Balaban J connectivity index is 2.02. The van der Waals surface area contributed by atoms with Gasteiger partial charge in [-0.1, -0.05) is 18.6 Å². The van der Waals surface area contributed by atoms with Gasteiger partial charge in [-0.3, -0.25) is 4.31 Å². The van der Waals surface area contributed by atoms with Crippen molar-refractivity contribution in [2.45, 2.75) is 19.3 Å². The molecular formula is C17H19F2N3O2S. The van der Waals surface area contributed by atoms with Crippen LogP contribution in [0.5, 0.6) is 0 Å². The molecule has 0 saturated heterocycles. The van der Waals surface area contributed by atoms with Crippen LogP contribution in [0.2, 0.25) is 0 Å². The highest BCUT2D eigenvalue weighted by molar-refractivity contribution is 7.95. The molecule has 0 spiro atoms. The molecule has 1 aliphatic heterocycles. The van der Waals surface area contributed by atoms with E-state index in [9.17, 15) is 17.2 Å². The van der Waals surface area contributed by atoms with E-state index in [1.807, 2.05) is 0 Å². The number of fused-ring (bicyclic) bond motifs is 1. The normalized spacial score (nSPS) is 15.5. The molecule has 1 aliphatic rings. The molecule has 1 heterocycles. The van der Waals surface area contributed by atoms with Gasteiger partial charge in [0.05, 0.1) is 17.1 Å². The molecule has 0 saturated carbocycles. The van der Waals surface area contributed by atoms with Crippen molar-refractivity contribution in [1.29, 1.82) is 0 Å². The third kappa shape index (κ3) is 3.19. The van der Waals surface area contributed by atoms with E-state index in [4.69, 9.17) is 5.73 Å². The summed E-state index contributed by atoms with van der Waals surface area (Å²) in [5.41, 5.74) is 6.11. The van der Waals surface area contributed by atoms with Gasteiger partial charge in [0, 0.05) is 12.6 Å². The van der Waals surface area contributed by atoms with Gasteiger partial charge in [0.1, 0.15) is 5.82 Å². The van der Waals surface area contributed by atoms with Gasteiger partial charge >= 0.3 is 10.2 Å². The summed E-state index contributed by atoms with van der Waals surface area (Å²) >= 11 is 0. The maximum atomic E-state index is 14.2. The van der Waals surface area contributed by atoms with Crippen LogP contribution in [0, 0.1) is 11.6 Å². The molecule has 2 aromatic rings. The van der Waals surface area contributed by atoms with Gasteiger partial charge in [-0.05, 0) is 43.7 Å². The molecule has 0 aromatic heterocycles. The number of para-hydroxylation sites is 2. The second kappa shape index (κ2) is 6.97. The van der Waals surface area contributed by atoms with Crippen molar-refractivity contribution in [1.82, 2.24) is 0 Å². The van der Waals surface area contributed by atoms with Gasteiger partial charge in [0.25, 0.3) is 0 Å². The molecule has 3 rings (SSSR count). The largest absolute Gasteiger partial charge is 0.331 e. The quantitative estimate of drug-likeness (QED) is 0.797. The van der Waals surface area contributed by atoms with Gasteiger partial charge in [-0.2, -0.15) is 8.42 Å². The SMILES string of the molecule is NCCCCCN1c2ccccc2N(c2ccc(F)cc2F)S1(=O)=O. The number of nitrogens with zero attached hydrogens (tertiary/aromatic N) is 2. The summed E-state index contributed by atoms with van der Waals surface area (Å²) in [4.78, 5) is 0. The van der Waals surface area contributed by atoms with Gasteiger partial charge in [0.15, 0.2) is 5.82 Å². The van der Waals surface area contributed by atoms with Crippen LogP contribution in [-0.4, -0.2) is 21.5 Å². The Morgan fingerprint density at radius 1 is 0.920 bits per heavy atom. The second-order valence-corrected chi connectivity index (χ2v) is 7.48. The monoisotopic (exact) mass is 367 g/mol. The van der Waals surface area contributed by atoms with E-state index in [0.29, 0.717) is 30.4 Å². The minimum Gasteiger partial charge on any atom is -0.330 e. The molecule has 2 N–H and O–H groups in total. The lowest BCUT2D eigenvalue weighted by Gasteiger charge is -2.22. The lowest BCUT2D eigenvalue weighted by atomic mass is 10.2. The fraction of sp³-hybridized carbons (Fsp3) is 0.294. The Labute approximate surface area is 145 Å². The predicted molar refractivity (Wildman–Crippen MR) is 94.1 cm³/mol. The predicted octanol–water partition coefficient (Wildman–Crippen LogP) is 3.30. The van der Waals surface area contributed by atoms with Gasteiger partial charge in [0.2, 0.25) is 0 Å². The van der Waals surface area contributed by atoms with Crippen molar-refractivity contribution in [2.75, 3.05) is 21.7 Å². The Hall–Kier alpha value is -2.19. The van der Waals surface area contributed by atoms with Crippen molar-refractivity contribution >= 4 is 27.3 Å². The highest BCUT2D eigenvalue weighted by atomic mass is 32.2. The van der Waals surface area contributed by atoms with Crippen molar-refractivity contribution in [3.63, 3.8) is 0 Å². The van der Waals surface area contributed by atoms with E-state index in [1.54, 1.807) is 24.3 Å². The first-order chi connectivity index (χ1) is 12.0. The van der Waals surface area contributed by atoms with Crippen LogP contribution in [-0.2, 0) is 10.2 Å². The van der Waals surface area contributed by atoms with Crippen molar-refractivity contribution in [3.05, 3.63) is 54.1 Å². The van der Waals surface area contributed by atoms with Crippen LogP contribution in [0.1, 0.15) is 19.3 Å². The molecular weight excluding hydrogens is 348 g/mol. The van der Waals surface area contributed by atoms with E-state index in [2.05, 4.69) is 0 Å². The number of benzene rings is 2. The molecule has 0 unspecified atom stereocenters. The summed E-state index contributed by atoms with van der Waals surface area (Å²) in [5, 5.41) is 0. The lowest BCUT2D eigenvalue weighted by Crippen LogP contribution is -2.36. The Kier molecular flexibility index (Phi) is 4.91. The standard InChI is InChI=1S/C17H19F2N3O2S/c18-13-8-9-15(14(19)12-13)22-17-7-3-2-6-16(17)21(25(22,23)24)11-5-1-4-10-20/h2-3,6-9,12H,1,4-5,10-11,20H2. The highest BCUT2D eigenvalue weighted by Crippen LogP contribution is 2.45. The third-order valence-electron chi connectivity index (χ3n) is 4.07. The van der Waals surface area contributed by atoms with Crippen LogP contribution in [0.25, 0.3) is 0 Å². The van der Waals surface area contributed by atoms with Crippen molar-refractivity contribution in [3.8, 4) is 0 Å². The number of nitrogens with two attached hydrogens (primary N) is 1. The molecule has 134 valence electrons. The van der Waals surface area contributed by atoms with E-state index < -0.39 is 21.8 Å². The number of halogens is 2. The minimum atomic E-state index is -3.99. The Morgan fingerprint density at radius 2 is 1.64 bits per heavy atom. The maximum absolute atomic E-state index is 14.2. The first-order valence-electron chi connectivity index (χ1n) is 8.04. The van der Waals surface area contributed by atoms with Gasteiger partial charge in [-0.15, -0.1) is 0 Å². The Bertz CT molecular complexity index is 874. The van der Waals surface area contributed by atoms with Crippen molar-refractivity contribution in [2.24, 2.45) is 5.73 Å². The smallest absolute Gasteiger partial charge is 0.330 e. The van der Waals surface area contributed by atoms with E-state index in [-0.39, 0.29) is 12.2 Å². The summed E-state index contributed by atoms with van der Waals surface area (Å²) in [7, 11) is -3.99. The Morgan fingerprint density at radius 3 is 2.32 bits per heavy atom. The van der Waals surface area contributed by atoms with Crippen LogP contribution in [0.15, 0.2) is 42.5 Å². The summed E-state index contributed by atoms with van der Waals surface area (Å²) in [5.74, 6) is -1.69. The van der Waals surface area contributed by atoms with Crippen LogP contribution in [0.3, 0.4) is 0 Å². The van der Waals surface area contributed by atoms with Gasteiger partial charge < -0.3 is 5.73 Å². The first-order valence-corrected chi connectivity index (χ1v) is 9.43. The summed E-state index contributed by atoms with van der Waals surface area (Å²) in [6, 6.07) is 9.55. The molecule has 2 aromatic carbocycles. The molecule has 5 nitrogen and oxygen atoms in total. The van der Waals surface area contributed by atoms with E-state index >= 15 is 0 Å². The fourth-order valence-corrected chi connectivity index (χ4v) is 4.67. The van der Waals surface area contributed by atoms with Crippen LogP contribution >= 0.6 is 0 Å². The molecule has 0 atom stereocenters. The van der Waals surface area contributed by atoms with E-state index in [0.717, 1.165) is 29.3 Å². The average Bonchev–Trinajstić information content (AvgIpc) is 2.79. The van der Waals surface area contributed by atoms with Gasteiger partial charge in [-0.25, -0.2) is 13.1 Å². The topological polar surface area (TPSA) is 66.6 Å². The summed E-state index contributed by atoms with van der Waals surface area (Å²) < 4.78 is 55.7. The van der Waals surface area contributed by atoms with Crippen LogP contribution < -0.4 is 14.3 Å². The number of rotatable bonds is 6. The molecule has 8 heteroatoms. The fourth-order valence-electron chi connectivity index (χ4n) is 2.91. The summed E-state index contributed by atoms with van der Waals surface area (Å²) in [6.45, 7) is 0.828. The second-order valence-electron chi connectivity index (χ2n) is 5.78. The summed E-state index contributed by atoms with van der Waals surface area (Å²) in [6.07, 6.45) is 2.26. The average molecular weight is 367 g/mol. The zero-order chi connectivity index (χ0) is 18.0. The molecule has 0 bridgehead atoms. The number of anilines is 3. The maximum Gasteiger partial charge on any atom is 0.331 e. The van der Waals surface area contributed by atoms with Crippen molar-refractivity contribution < 1.29 is 17.2 Å². The molecule has 0 amide bonds. The first kappa shape index (κ1) is 17.6. The molecule has 0 aliphatic carbocycles. The number of hydrogen-bond acceptors (Lipinski definition) is 3. The minimum absolute atomic E-state index is 0.196. The molecule has 0 fully saturated rings. The number of unbranched alkanes of at least 4 members (excludes halogenated alkanes) is 2. The number of hydrogen-bond donors (Lipinski definition) is 1. The van der Waals surface area contributed by atoms with Crippen LogP contribution in [0.4, 0.5) is 25.8 Å². The molecule has 0 radical (unpaired) electrons. The zero-order valence-electron chi connectivity index (χ0n) is 13.5.